The molecule has 0 saturated carbocycles. The minimum atomic E-state index is -1.16. The first-order valence-electron chi connectivity index (χ1n) is 8.99. The Labute approximate surface area is 163 Å². The van der Waals surface area contributed by atoms with Gasteiger partial charge in [-0.25, -0.2) is 4.79 Å². The third-order valence-corrected chi connectivity index (χ3v) is 4.43. The predicted molar refractivity (Wildman–Crippen MR) is 105 cm³/mol. The minimum Gasteiger partial charge on any atom is -0.480 e. The number of para-hydroxylation sites is 1. The lowest BCUT2D eigenvalue weighted by Crippen LogP contribution is -2.53. The number of nitrogens with zero attached hydrogens (tertiary/aromatic N) is 1. The second-order valence-electron chi connectivity index (χ2n) is 6.41. The number of aryl methyl sites for hydroxylation is 1. The van der Waals surface area contributed by atoms with Crippen LogP contribution in [0, 0.1) is 0 Å². The Morgan fingerprint density at radius 2 is 1.54 bits per heavy atom. The monoisotopic (exact) mass is 384 g/mol. The van der Waals surface area contributed by atoms with E-state index in [1.807, 2.05) is 30.3 Å². The van der Waals surface area contributed by atoms with Crippen LogP contribution in [0.5, 0.6) is 0 Å². The van der Waals surface area contributed by atoms with Crippen molar-refractivity contribution in [2.24, 2.45) is 0 Å². The van der Waals surface area contributed by atoms with Gasteiger partial charge in [-0.1, -0.05) is 48.5 Å². The van der Waals surface area contributed by atoms with Gasteiger partial charge < -0.3 is 20.4 Å². The van der Waals surface area contributed by atoms with Crippen molar-refractivity contribution in [3.8, 4) is 0 Å². The summed E-state index contributed by atoms with van der Waals surface area (Å²) in [5.41, 5.74) is 1.59. The highest BCUT2D eigenvalue weighted by atomic mass is 16.4. The van der Waals surface area contributed by atoms with Gasteiger partial charge in [0.25, 0.3) is 0 Å². The van der Waals surface area contributed by atoms with Crippen molar-refractivity contribution in [3.63, 3.8) is 0 Å². The number of carbonyl (C=O) groups excluding carboxylic acids is 1. The first-order chi connectivity index (χ1) is 13.4. The molecule has 0 aliphatic carbocycles. The van der Waals surface area contributed by atoms with Gasteiger partial charge >= 0.3 is 11.9 Å². The largest absolute Gasteiger partial charge is 0.480 e. The Morgan fingerprint density at radius 1 is 0.964 bits per heavy atom. The van der Waals surface area contributed by atoms with Crippen molar-refractivity contribution in [2.45, 2.75) is 31.8 Å². The number of carboxylic acid groups (broad SMARTS) is 2. The highest BCUT2D eigenvalue weighted by molar-refractivity contribution is 5.90. The van der Waals surface area contributed by atoms with E-state index in [2.05, 4.69) is 5.32 Å². The molecule has 0 saturated heterocycles. The summed E-state index contributed by atoms with van der Waals surface area (Å²) in [4.78, 5) is 36.8. The third-order valence-electron chi connectivity index (χ3n) is 4.43. The highest BCUT2D eigenvalue weighted by Gasteiger charge is 2.33. The smallest absolute Gasteiger partial charge is 0.326 e. The SMILES string of the molecule is C[C@@H](C(=O)NCC(=O)O)N(c1ccccc1)C(CCc1ccccc1)C(=O)O. The number of anilines is 1. The second kappa shape index (κ2) is 10.1. The zero-order valence-corrected chi connectivity index (χ0v) is 15.6. The molecule has 0 fully saturated rings. The number of carboxylic acids is 2. The first-order valence-corrected chi connectivity index (χ1v) is 8.99. The maximum atomic E-state index is 12.5. The van der Waals surface area contributed by atoms with Crippen LogP contribution >= 0.6 is 0 Å². The molecule has 0 radical (unpaired) electrons. The molecule has 0 aliphatic heterocycles. The fourth-order valence-electron chi connectivity index (χ4n) is 3.04. The molecular weight excluding hydrogens is 360 g/mol. The molecule has 3 N–H and O–H groups in total. The zero-order chi connectivity index (χ0) is 20.5. The number of benzene rings is 2. The van der Waals surface area contributed by atoms with Gasteiger partial charge in [-0.05, 0) is 37.5 Å². The van der Waals surface area contributed by atoms with Crippen LogP contribution in [0.15, 0.2) is 60.7 Å². The van der Waals surface area contributed by atoms with Crippen molar-refractivity contribution in [2.75, 3.05) is 11.4 Å². The molecule has 1 amide bonds. The average Bonchev–Trinajstić information content (AvgIpc) is 2.70. The van der Waals surface area contributed by atoms with Crippen LogP contribution in [0.2, 0.25) is 0 Å². The van der Waals surface area contributed by atoms with Crippen LogP contribution in [0.1, 0.15) is 18.9 Å². The van der Waals surface area contributed by atoms with Crippen molar-refractivity contribution < 1.29 is 24.6 Å². The molecule has 2 rings (SSSR count). The van der Waals surface area contributed by atoms with Gasteiger partial charge in [0.1, 0.15) is 18.6 Å². The fraction of sp³-hybridized carbons (Fsp3) is 0.286. The molecular formula is C21H24N2O5. The summed E-state index contributed by atoms with van der Waals surface area (Å²) in [5.74, 6) is -2.75. The second-order valence-corrected chi connectivity index (χ2v) is 6.41. The van der Waals surface area contributed by atoms with Crippen molar-refractivity contribution in [1.82, 2.24) is 5.32 Å². The number of hydrogen-bond acceptors (Lipinski definition) is 4. The number of hydrogen-bond donors (Lipinski definition) is 3. The summed E-state index contributed by atoms with van der Waals surface area (Å²) in [5, 5.41) is 21.0. The molecule has 28 heavy (non-hydrogen) atoms. The highest BCUT2D eigenvalue weighted by Crippen LogP contribution is 2.23. The molecule has 7 heteroatoms. The number of carbonyl (C=O) groups is 3. The van der Waals surface area contributed by atoms with E-state index in [1.54, 1.807) is 37.3 Å². The van der Waals surface area contributed by atoms with Crippen molar-refractivity contribution in [1.29, 1.82) is 0 Å². The molecule has 1 unspecified atom stereocenters. The fourth-order valence-corrected chi connectivity index (χ4v) is 3.04. The third kappa shape index (κ3) is 5.84. The predicted octanol–water partition coefficient (Wildman–Crippen LogP) is 2.17. The Hall–Kier alpha value is -3.35. The van der Waals surface area contributed by atoms with E-state index < -0.39 is 36.5 Å². The quantitative estimate of drug-likeness (QED) is 0.580. The molecule has 0 bridgehead atoms. The summed E-state index contributed by atoms with van der Waals surface area (Å²) in [6.45, 7) is 1.05. The average molecular weight is 384 g/mol. The standard InChI is InChI=1S/C21H24N2O5/c1-15(20(26)22-14-19(24)25)23(17-10-6-3-7-11-17)18(21(27)28)13-12-16-8-4-2-5-9-16/h2-11,15,18H,12-14H2,1H3,(H,22,26)(H,24,25)(H,27,28)/t15-,18?/m0/s1. The van der Waals surface area contributed by atoms with E-state index in [-0.39, 0.29) is 0 Å². The van der Waals surface area contributed by atoms with E-state index in [0.717, 1.165) is 5.56 Å². The lowest BCUT2D eigenvalue weighted by atomic mass is 10.0. The van der Waals surface area contributed by atoms with E-state index in [4.69, 9.17) is 5.11 Å². The summed E-state index contributed by atoms with van der Waals surface area (Å²) in [6.07, 6.45) is 0.829. The van der Waals surface area contributed by atoms with Gasteiger partial charge in [0.15, 0.2) is 0 Å². The molecule has 2 aromatic carbocycles. The molecule has 0 aromatic heterocycles. The van der Waals surface area contributed by atoms with Gasteiger partial charge in [0.05, 0.1) is 0 Å². The lowest BCUT2D eigenvalue weighted by Gasteiger charge is -2.35. The van der Waals surface area contributed by atoms with Gasteiger partial charge in [-0.3, -0.25) is 9.59 Å². The minimum absolute atomic E-state index is 0.296. The van der Waals surface area contributed by atoms with Crippen LogP contribution in [0.4, 0.5) is 5.69 Å². The number of amides is 1. The molecule has 2 aromatic rings. The normalized spacial score (nSPS) is 12.6. The van der Waals surface area contributed by atoms with Gasteiger partial charge in [0, 0.05) is 5.69 Å². The lowest BCUT2D eigenvalue weighted by molar-refractivity contribution is -0.140. The molecule has 0 aliphatic rings. The van der Waals surface area contributed by atoms with Gasteiger partial charge in [-0.2, -0.15) is 0 Å². The maximum Gasteiger partial charge on any atom is 0.326 e. The molecule has 0 spiro atoms. The Balaban J connectivity index is 2.27. The summed E-state index contributed by atoms with van der Waals surface area (Å²) in [7, 11) is 0. The molecule has 7 nitrogen and oxygen atoms in total. The topological polar surface area (TPSA) is 107 Å². The van der Waals surface area contributed by atoms with Crippen LogP contribution in [0.3, 0.4) is 0 Å². The zero-order valence-electron chi connectivity index (χ0n) is 15.6. The first kappa shape index (κ1) is 21.0. The molecule has 2 atom stereocenters. The Morgan fingerprint density at radius 3 is 2.07 bits per heavy atom. The van der Waals surface area contributed by atoms with Crippen LogP contribution in [-0.2, 0) is 20.8 Å². The van der Waals surface area contributed by atoms with Gasteiger partial charge in [-0.15, -0.1) is 0 Å². The summed E-state index contributed by atoms with van der Waals surface area (Å²) >= 11 is 0. The van der Waals surface area contributed by atoms with Crippen LogP contribution in [0.25, 0.3) is 0 Å². The van der Waals surface area contributed by atoms with Crippen molar-refractivity contribution >= 4 is 23.5 Å². The van der Waals surface area contributed by atoms with E-state index in [9.17, 15) is 19.5 Å². The molecule has 148 valence electrons. The Bertz CT molecular complexity index is 795. The number of rotatable bonds is 10. The molecule has 0 heterocycles. The summed E-state index contributed by atoms with van der Waals surface area (Å²) < 4.78 is 0. The van der Waals surface area contributed by atoms with Crippen LogP contribution < -0.4 is 10.2 Å². The summed E-state index contributed by atoms with van der Waals surface area (Å²) in [6, 6.07) is 16.5. The number of nitrogens with one attached hydrogen (secondary N) is 1. The van der Waals surface area contributed by atoms with Gasteiger partial charge in [0.2, 0.25) is 5.91 Å². The Kier molecular flexibility index (Phi) is 7.56. The van der Waals surface area contributed by atoms with Crippen LogP contribution in [-0.4, -0.2) is 46.7 Å². The van der Waals surface area contributed by atoms with E-state index in [1.165, 1.54) is 4.90 Å². The van der Waals surface area contributed by atoms with Crippen molar-refractivity contribution in [3.05, 3.63) is 66.2 Å². The number of aliphatic carboxylic acids is 2. The van der Waals surface area contributed by atoms with E-state index in [0.29, 0.717) is 18.5 Å². The van der Waals surface area contributed by atoms with E-state index >= 15 is 0 Å². The maximum absolute atomic E-state index is 12.5.